The van der Waals surface area contributed by atoms with Crippen molar-refractivity contribution < 1.29 is 28.2 Å². The van der Waals surface area contributed by atoms with Crippen LogP contribution in [0.5, 0.6) is 0 Å². The first-order chi connectivity index (χ1) is 11.5. The van der Waals surface area contributed by atoms with Gasteiger partial charge in [-0.1, -0.05) is 17.8 Å². The fourth-order valence-electron chi connectivity index (χ4n) is 2.24. The Labute approximate surface area is 141 Å². The van der Waals surface area contributed by atoms with Crippen LogP contribution in [0.2, 0.25) is 0 Å². The molecule has 0 aliphatic carbocycles. The van der Waals surface area contributed by atoms with Gasteiger partial charge in [0.2, 0.25) is 0 Å². The highest BCUT2D eigenvalue weighted by atomic mass is 32.2. The molecule has 130 valence electrons. The van der Waals surface area contributed by atoms with E-state index in [2.05, 4.69) is 10.1 Å². The Balaban J connectivity index is 2.27. The van der Waals surface area contributed by atoms with Gasteiger partial charge in [-0.15, -0.1) is 0 Å². The number of rotatable bonds is 7. The summed E-state index contributed by atoms with van der Waals surface area (Å²) in [4.78, 5) is 25.8. The summed E-state index contributed by atoms with van der Waals surface area (Å²) in [6.07, 6.45) is 0. The van der Waals surface area contributed by atoms with Crippen LogP contribution in [0.1, 0.15) is 0 Å². The van der Waals surface area contributed by atoms with Gasteiger partial charge in [-0.25, -0.2) is 4.79 Å². The molecule has 1 aromatic carbocycles. The normalized spacial score (nSPS) is 14.5. The zero-order valence-electron chi connectivity index (χ0n) is 12.8. The summed E-state index contributed by atoms with van der Waals surface area (Å²) in [7, 11) is 1.20. The molecule has 1 aliphatic rings. The summed E-state index contributed by atoms with van der Waals surface area (Å²) in [5, 5.41) is 11.8. The molecule has 0 radical (unpaired) electrons. The lowest BCUT2D eigenvalue weighted by Gasteiger charge is -2.15. The molecule has 0 bridgehead atoms. The first-order valence-corrected chi connectivity index (χ1v) is 7.87. The molecular formula is C15H16F2N2O4S. The van der Waals surface area contributed by atoms with Crippen LogP contribution in [0.25, 0.3) is 0 Å². The van der Waals surface area contributed by atoms with Gasteiger partial charge in [-0.2, -0.15) is 8.78 Å². The van der Waals surface area contributed by atoms with Crippen LogP contribution in [0, 0.1) is 0 Å². The third-order valence-corrected chi connectivity index (χ3v) is 3.99. The topological polar surface area (TPSA) is 78.9 Å². The number of hydrogen-bond donors (Lipinski definition) is 2. The van der Waals surface area contributed by atoms with E-state index in [1.54, 1.807) is 12.1 Å². The predicted molar refractivity (Wildman–Crippen MR) is 84.6 cm³/mol. The molecule has 0 fully saturated rings. The van der Waals surface area contributed by atoms with E-state index in [1.807, 2.05) is 0 Å². The number of ether oxygens (including phenoxy) is 1. The second-order valence-corrected chi connectivity index (χ2v) is 5.89. The quantitative estimate of drug-likeness (QED) is 0.570. The summed E-state index contributed by atoms with van der Waals surface area (Å²) in [5.41, 5.74) is 0.550. The maximum Gasteiger partial charge on any atom is 0.337 e. The van der Waals surface area contributed by atoms with Crippen LogP contribution in [-0.2, 0) is 14.3 Å². The number of esters is 1. The number of aliphatic hydroxyl groups excluding tert-OH is 1. The van der Waals surface area contributed by atoms with Gasteiger partial charge < -0.3 is 20.1 Å². The van der Waals surface area contributed by atoms with Crippen LogP contribution in [0.4, 0.5) is 14.5 Å². The fraction of sp³-hybridized carbons (Fsp3) is 0.333. The minimum Gasteiger partial charge on any atom is -0.466 e. The second-order valence-electron chi connectivity index (χ2n) is 4.83. The lowest BCUT2D eigenvalue weighted by atomic mass is 10.2. The van der Waals surface area contributed by atoms with Gasteiger partial charge in [-0.3, -0.25) is 4.79 Å². The maximum atomic E-state index is 12.5. The number of halogens is 2. The molecule has 9 heteroatoms. The fourth-order valence-corrected chi connectivity index (χ4v) is 2.80. The maximum absolute atomic E-state index is 12.5. The van der Waals surface area contributed by atoms with E-state index in [1.165, 1.54) is 24.1 Å². The number of nitrogens with one attached hydrogen (secondary N) is 1. The molecule has 0 aromatic heterocycles. The second kappa shape index (κ2) is 8.11. The van der Waals surface area contributed by atoms with Crippen molar-refractivity contribution in [2.24, 2.45) is 0 Å². The Hall–Kier alpha value is -2.13. The molecule has 2 rings (SSSR count). The van der Waals surface area contributed by atoms with Crippen LogP contribution < -0.4 is 5.32 Å². The molecule has 0 saturated heterocycles. The van der Waals surface area contributed by atoms with Crippen molar-refractivity contribution in [2.45, 2.75) is 10.7 Å². The van der Waals surface area contributed by atoms with Gasteiger partial charge in [-0.05, 0) is 18.2 Å². The molecule has 1 aromatic rings. The van der Waals surface area contributed by atoms with E-state index in [9.17, 15) is 18.4 Å². The Bertz CT molecular complexity index is 667. The molecule has 2 N–H and O–H groups in total. The van der Waals surface area contributed by atoms with Crippen molar-refractivity contribution in [2.75, 3.05) is 32.1 Å². The Morgan fingerprint density at radius 1 is 1.50 bits per heavy atom. The summed E-state index contributed by atoms with van der Waals surface area (Å²) >= 11 is 0.382. The summed E-state index contributed by atoms with van der Waals surface area (Å²) < 4.78 is 29.6. The van der Waals surface area contributed by atoms with Gasteiger partial charge in [0.1, 0.15) is 5.70 Å². The molecule has 0 unspecified atom stereocenters. The summed E-state index contributed by atoms with van der Waals surface area (Å²) in [6.45, 7) is -0.153. The van der Waals surface area contributed by atoms with Crippen molar-refractivity contribution >= 4 is 29.3 Å². The van der Waals surface area contributed by atoms with E-state index < -0.39 is 17.6 Å². The number of carbonyl (C=O) groups excluding carboxylic acids is 2. The predicted octanol–water partition coefficient (Wildman–Crippen LogP) is 1.67. The molecule has 24 heavy (non-hydrogen) atoms. The highest BCUT2D eigenvalue weighted by Crippen LogP contribution is 2.29. The van der Waals surface area contributed by atoms with Gasteiger partial charge in [0, 0.05) is 17.1 Å². The van der Waals surface area contributed by atoms with Crippen LogP contribution in [0.15, 0.2) is 40.4 Å². The Morgan fingerprint density at radius 2 is 2.25 bits per heavy atom. The number of benzene rings is 1. The molecule has 6 nitrogen and oxygen atoms in total. The van der Waals surface area contributed by atoms with E-state index in [-0.39, 0.29) is 31.0 Å². The number of nitrogens with zero attached hydrogens (tertiary/aromatic N) is 1. The number of carbonyl (C=O) groups is 2. The van der Waals surface area contributed by atoms with E-state index in [0.29, 0.717) is 22.3 Å². The zero-order chi connectivity index (χ0) is 17.7. The number of thioether (sulfide) groups is 1. The number of aliphatic hydroxyl groups is 1. The molecule has 0 atom stereocenters. The first-order valence-electron chi connectivity index (χ1n) is 6.99. The number of hydrogen-bond acceptors (Lipinski definition) is 6. The lowest BCUT2D eigenvalue weighted by molar-refractivity contribution is -0.136. The van der Waals surface area contributed by atoms with Crippen molar-refractivity contribution in [3.63, 3.8) is 0 Å². The van der Waals surface area contributed by atoms with Crippen molar-refractivity contribution in [3.05, 3.63) is 35.5 Å². The van der Waals surface area contributed by atoms with Crippen molar-refractivity contribution in [1.82, 2.24) is 4.90 Å². The zero-order valence-corrected chi connectivity index (χ0v) is 13.6. The first kappa shape index (κ1) is 18.2. The van der Waals surface area contributed by atoms with Crippen LogP contribution >= 0.6 is 11.8 Å². The number of amides is 1. The van der Waals surface area contributed by atoms with Gasteiger partial charge >= 0.3 is 5.97 Å². The number of β-amino-alcohol motifs (C(OH)–C–C–N with tert-alkyl or cyclic N) is 1. The lowest BCUT2D eigenvalue weighted by Crippen LogP contribution is -2.31. The van der Waals surface area contributed by atoms with Gasteiger partial charge in [0.25, 0.3) is 11.7 Å². The van der Waals surface area contributed by atoms with Gasteiger partial charge in [0.15, 0.2) is 0 Å². The monoisotopic (exact) mass is 358 g/mol. The minimum absolute atomic E-state index is 0.0138. The SMILES string of the molecule is COC(=O)C1=C(Nc2cccc(SC(F)F)c2)C(=O)N(CCO)C1. The molecule has 0 spiro atoms. The van der Waals surface area contributed by atoms with E-state index in [4.69, 9.17) is 5.11 Å². The van der Waals surface area contributed by atoms with Crippen molar-refractivity contribution in [3.8, 4) is 0 Å². The highest BCUT2D eigenvalue weighted by Gasteiger charge is 2.34. The third kappa shape index (κ3) is 4.24. The van der Waals surface area contributed by atoms with Crippen molar-refractivity contribution in [1.29, 1.82) is 0 Å². The smallest absolute Gasteiger partial charge is 0.337 e. The molecule has 1 amide bonds. The molecule has 1 aliphatic heterocycles. The molecule has 1 heterocycles. The van der Waals surface area contributed by atoms with Crippen LogP contribution in [-0.4, -0.2) is 54.4 Å². The Kier molecular flexibility index (Phi) is 6.16. The molecular weight excluding hydrogens is 342 g/mol. The number of methoxy groups -OCH3 is 1. The number of alkyl halides is 2. The number of anilines is 1. The van der Waals surface area contributed by atoms with E-state index in [0.717, 1.165) is 0 Å². The third-order valence-electron chi connectivity index (χ3n) is 3.28. The highest BCUT2D eigenvalue weighted by molar-refractivity contribution is 7.99. The standard InChI is InChI=1S/C15H16F2N2O4S/c1-23-14(22)11-8-19(5-6-20)13(21)12(11)18-9-3-2-4-10(7-9)24-15(16)17/h2-4,7,15,18,20H,5-6,8H2,1H3. The minimum atomic E-state index is -2.56. The van der Waals surface area contributed by atoms with E-state index >= 15 is 0 Å². The average Bonchev–Trinajstić information content (AvgIpc) is 2.84. The summed E-state index contributed by atoms with van der Waals surface area (Å²) in [5.74, 6) is -3.68. The average molecular weight is 358 g/mol. The van der Waals surface area contributed by atoms with Gasteiger partial charge in [0.05, 0.1) is 25.8 Å². The Morgan fingerprint density at radius 3 is 2.88 bits per heavy atom. The largest absolute Gasteiger partial charge is 0.466 e. The summed E-state index contributed by atoms with van der Waals surface area (Å²) in [6, 6.07) is 6.14. The van der Waals surface area contributed by atoms with Crippen LogP contribution in [0.3, 0.4) is 0 Å². The molecule has 0 saturated carbocycles.